The van der Waals surface area contributed by atoms with Crippen LogP contribution < -0.4 is 10.1 Å². The highest BCUT2D eigenvalue weighted by atomic mass is 35.5. The van der Waals surface area contributed by atoms with Gasteiger partial charge < -0.3 is 10.1 Å². The van der Waals surface area contributed by atoms with Crippen molar-refractivity contribution in [2.75, 3.05) is 17.7 Å². The number of nitrogens with one attached hydrogen (secondary N) is 1. The first-order valence-corrected chi connectivity index (χ1v) is 12.2. The molecule has 2 aromatic heterocycles. The van der Waals surface area contributed by atoms with Crippen molar-refractivity contribution in [2.24, 2.45) is 0 Å². The number of carbonyl (C=O) groups excluding carboxylic acids is 1. The Labute approximate surface area is 207 Å². The van der Waals surface area contributed by atoms with Crippen LogP contribution in [0.25, 0.3) is 17.1 Å². The molecule has 0 aliphatic rings. The standard InChI is InChI=1S/C24H25ClN6O2S/c1-4-33-18-11-9-17(10-12-18)30-23(19-7-5-6-8-20(19)25)28-29-24(30)34-15-22(32)27-21-13-14-26-31(21)16(2)3/h5-14,16H,4,15H2,1-3H3,(H,27,32). The van der Waals surface area contributed by atoms with E-state index in [1.165, 1.54) is 11.8 Å². The number of ether oxygens (including phenoxy) is 1. The minimum absolute atomic E-state index is 0.138. The summed E-state index contributed by atoms with van der Waals surface area (Å²) in [5.74, 6) is 2.02. The largest absolute Gasteiger partial charge is 0.494 e. The number of amides is 1. The number of halogens is 1. The van der Waals surface area contributed by atoms with E-state index < -0.39 is 0 Å². The van der Waals surface area contributed by atoms with E-state index in [0.29, 0.717) is 28.4 Å². The summed E-state index contributed by atoms with van der Waals surface area (Å²) in [6.07, 6.45) is 1.67. The maximum absolute atomic E-state index is 12.7. The second-order valence-corrected chi connectivity index (χ2v) is 8.99. The summed E-state index contributed by atoms with van der Waals surface area (Å²) in [6, 6.07) is 17.0. The van der Waals surface area contributed by atoms with Crippen molar-refractivity contribution in [1.29, 1.82) is 0 Å². The van der Waals surface area contributed by atoms with E-state index in [1.807, 2.05) is 73.9 Å². The van der Waals surface area contributed by atoms with Gasteiger partial charge in [0.2, 0.25) is 5.91 Å². The highest BCUT2D eigenvalue weighted by molar-refractivity contribution is 7.99. The zero-order valence-corrected chi connectivity index (χ0v) is 20.7. The van der Waals surface area contributed by atoms with Crippen LogP contribution in [0.4, 0.5) is 5.82 Å². The van der Waals surface area contributed by atoms with Crippen LogP contribution in [0.2, 0.25) is 5.02 Å². The molecule has 0 aliphatic carbocycles. The van der Waals surface area contributed by atoms with Crippen molar-refractivity contribution < 1.29 is 9.53 Å². The zero-order chi connectivity index (χ0) is 24.1. The molecule has 2 heterocycles. The molecule has 0 bridgehead atoms. The third-order valence-corrected chi connectivity index (χ3v) is 6.17. The summed E-state index contributed by atoms with van der Waals surface area (Å²) in [4.78, 5) is 12.7. The second kappa shape index (κ2) is 10.8. The maximum atomic E-state index is 12.7. The number of hydrogen-bond donors (Lipinski definition) is 1. The van der Waals surface area contributed by atoms with E-state index in [4.69, 9.17) is 16.3 Å². The lowest BCUT2D eigenvalue weighted by atomic mass is 10.2. The van der Waals surface area contributed by atoms with Crippen molar-refractivity contribution in [1.82, 2.24) is 24.5 Å². The van der Waals surface area contributed by atoms with E-state index in [-0.39, 0.29) is 17.7 Å². The van der Waals surface area contributed by atoms with Gasteiger partial charge in [0.25, 0.3) is 0 Å². The molecular weight excluding hydrogens is 472 g/mol. The lowest BCUT2D eigenvalue weighted by Crippen LogP contribution is -2.18. The predicted octanol–water partition coefficient (Wildman–Crippen LogP) is 5.49. The van der Waals surface area contributed by atoms with Gasteiger partial charge in [0, 0.05) is 23.4 Å². The van der Waals surface area contributed by atoms with E-state index in [1.54, 1.807) is 16.9 Å². The van der Waals surface area contributed by atoms with Crippen LogP contribution in [0.1, 0.15) is 26.8 Å². The van der Waals surface area contributed by atoms with Crippen LogP contribution in [0, 0.1) is 0 Å². The van der Waals surface area contributed by atoms with Gasteiger partial charge in [-0.05, 0) is 57.2 Å². The van der Waals surface area contributed by atoms with Crippen LogP contribution in [0.3, 0.4) is 0 Å². The van der Waals surface area contributed by atoms with Gasteiger partial charge in [-0.25, -0.2) is 4.68 Å². The van der Waals surface area contributed by atoms with Crippen LogP contribution in [0.5, 0.6) is 5.75 Å². The van der Waals surface area contributed by atoms with Gasteiger partial charge in [0.15, 0.2) is 11.0 Å². The van der Waals surface area contributed by atoms with E-state index >= 15 is 0 Å². The predicted molar refractivity (Wildman–Crippen MR) is 135 cm³/mol. The Kier molecular flexibility index (Phi) is 7.54. The van der Waals surface area contributed by atoms with Crippen molar-refractivity contribution >= 4 is 35.1 Å². The van der Waals surface area contributed by atoms with Gasteiger partial charge in [0.05, 0.1) is 23.6 Å². The summed E-state index contributed by atoms with van der Waals surface area (Å²) in [5.41, 5.74) is 1.59. The average Bonchev–Trinajstić information content (AvgIpc) is 3.46. The first kappa shape index (κ1) is 23.8. The van der Waals surface area contributed by atoms with Crippen LogP contribution in [-0.4, -0.2) is 42.8 Å². The van der Waals surface area contributed by atoms with Crippen molar-refractivity contribution in [3.8, 4) is 22.8 Å². The van der Waals surface area contributed by atoms with Gasteiger partial charge in [-0.15, -0.1) is 10.2 Å². The molecule has 4 aromatic rings. The van der Waals surface area contributed by atoms with E-state index in [0.717, 1.165) is 17.0 Å². The molecule has 4 rings (SSSR count). The number of rotatable bonds is 9. The number of benzene rings is 2. The number of aromatic nitrogens is 5. The Hall–Kier alpha value is -3.30. The van der Waals surface area contributed by atoms with Gasteiger partial charge in [0.1, 0.15) is 11.6 Å². The normalized spacial score (nSPS) is 11.1. The maximum Gasteiger partial charge on any atom is 0.235 e. The Morgan fingerprint density at radius 3 is 2.59 bits per heavy atom. The number of hydrogen-bond acceptors (Lipinski definition) is 6. The molecule has 8 nitrogen and oxygen atoms in total. The summed E-state index contributed by atoms with van der Waals surface area (Å²) in [6.45, 7) is 6.54. The Bertz CT molecular complexity index is 1270. The quantitative estimate of drug-likeness (QED) is 0.308. The Morgan fingerprint density at radius 1 is 1.12 bits per heavy atom. The molecule has 0 aliphatic heterocycles. The third-order valence-electron chi connectivity index (χ3n) is 4.91. The molecule has 0 radical (unpaired) electrons. The van der Waals surface area contributed by atoms with E-state index in [9.17, 15) is 4.79 Å². The minimum Gasteiger partial charge on any atom is -0.494 e. The number of carbonyl (C=O) groups is 1. The molecule has 2 aromatic carbocycles. The summed E-state index contributed by atoms with van der Waals surface area (Å²) in [7, 11) is 0. The third kappa shape index (κ3) is 5.26. The smallest absolute Gasteiger partial charge is 0.235 e. The highest BCUT2D eigenvalue weighted by Crippen LogP contribution is 2.32. The molecule has 1 amide bonds. The number of anilines is 1. The highest BCUT2D eigenvalue weighted by Gasteiger charge is 2.19. The first-order valence-electron chi connectivity index (χ1n) is 10.9. The molecular formula is C24H25ClN6O2S. The molecule has 0 saturated carbocycles. The van der Waals surface area contributed by atoms with E-state index in [2.05, 4.69) is 20.6 Å². The summed E-state index contributed by atoms with van der Waals surface area (Å²) >= 11 is 7.76. The van der Waals surface area contributed by atoms with Crippen LogP contribution in [0.15, 0.2) is 66.0 Å². The van der Waals surface area contributed by atoms with Crippen molar-refractivity contribution in [3.63, 3.8) is 0 Å². The second-order valence-electron chi connectivity index (χ2n) is 7.64. The molecule has 34 heavy (non-hydrogen) atoms. The Balaban J connectivity index is 1.61. The van der Waals surface area contributed by atoms with Gasteiger partial charge in [-0.1, -0.05) is 35.5 Å². The molecule has 10 heteroatoms. The molecule has 0 spiro atoms. The Morgan fingerprint density at radius 2 is 1.88 bits per heavy atom. The number of thioether (sulfide) groups is 1. The fraction of sp³-hybridized carbons (Fsp3) is 0.250. The monoisotopic (exact) mass is 496 g/mol. The molecule has 1 N–H and O–H groups in total. The number of nitrogens with zero attached hydrogens (tertiary/aromatic N) is 5. The fourth-order valence-electron chi connectivity index (χ4n) is 3.41. The van der Waals surface area contributed by atoms with Crippen LogP contribution in [-0.2, 0) is 4.79 Å². The lowest BCUT2D eigenvalue weighted by Gasteiger charge is -2.13. The average molecular weight is 497 g/mol. The molecule has 0 saturated heterocycles. The van der Waals surface area contributed by atoms with Crippen molar-refractivity contribution in [2.45, 2.75) is 32.0 Å². The van der Waals surface area contributed by atoms with Crippen molar-refractivity contribution in [3.05, 3.63) is 65.8 Å². The van der Waals surface area contributed by atoms with Gasteiger partial charge in [-0.2, -0.15) is 5.10 Å². The van der Waals surface area contributed by atoms with Crippen LogP contribution >= 0.6 is 23.4 Å². The first-order chi connectivity index (χ1) is 16.5. The van der Waals surface area contributed by atoms with Gasteiger partial charge in [-0.3, -0.25) is 9.36 Å². The zero-order valence-electron chi connectivity index (χ0n) is 19.1. The molecule has 0 unspecified atom stereocenters. The topological polar surface area (TPSA) is 86.9 Å². The lowest BCUT2D eigenvalue weighted by molar-refractivity contribution is -0.113. The van der Waals surface area contributed by atoms with Gasteiger partial charge >= 0.3 is 0 Å². The summed E-state index contributed by atoms with van der Waals surface area (Å²) in [5, 5.41) is 17.1. The molecule has 0 fully saturated rings. The SMILES string of the molecule is CCOc1ccc(-n2c(SCC(=O)Nc3ccnn3C(C)C)nnc2-c2ccccc2Cl)cc1. The minimum atomic E-state index is -0.159. The molecule has 0 atom stereocenters. The fourth-order valence-corrected chi connectivity index (χ4v) is 4.38. The molecule has 176 valence electrons. The summed E-state index contributed by atoms with van der Waals surface area (Å²) < 4.78 is 9.23.